The van der Waals surface area contributed by atoms with E-state index in [1.54, 1.807) is 0 Å². The summed E-state index contributed by atoms with van der Waals surface area (Å²) in [5, 5.41) is 9.41. The van der Waals surface area contributed by atoms with Crippen LogP contribution in [0.1, 0.15) is 97.8 Å². The molecule has 0 bridgehead atoms. The number of carbonyl (C=O) groups excluding carboxylic acids is 1. The molecule has 2 aliphatic carbocycles. The van der Waals surface area contributed by atoms with Crippen LogP contribution in [0.4, 0.5) is 0 Å². The quantitative estimate of drug-likeness (QED) is 0.403. The Bertz CT molecular complexity index is 485. The maximum Gasteiger partial charge on any atom is 0.309 e. The second-order valence-corrected chi connectivity index (χ2v) is 9.46. The lowest BCUT2D eigenvalue weighted by molar-refractivity contribution is -0.162. The number of carboxylic acid groups (broad SMARTS) is 1. The van der Waals surface area contributed by atoms with Crippen LogP contribution in [0.25, 0.3) is 0 Å². The number of rotatable bonds is 9. The number of hydrogen-bond donors (Lipinski definition) is 1. The lowest BCUT2D eigenvalue weighted by atomic mass is 9.61. The molecule has 2 aliphatic rings. The van der Waals surface area contributed by atoms with Gasteiger partial charge in [0.15, 0.2) is 0 Å². The van der Waals surface area contributed by atoms with E-state index in [-0.39, 0.29) is 11.4 Å². The summed E-state index contributed by atoms with van der Waals surface area (Å²) in [6.07, 6.45) is 13.2. The molecule has 4 atom stereocenters. The summed E-state index contributed by atoms with van der Waals surface area (Å²) >= 11 is 0. The summed E-state index contributed by atoms with van der Waals surface area (Å²) in [5.74, 6) is -1.04. The molecule has 4 heteroatoms. The number of esters is 1. The molecule has 0 aliphatic heterocycles. The molecule has 0 aromatic heterocycles. The van der Waals surface area contributed by atoms with Crippen molar-refractivity contribution in [2.75, 3.05) is 6.61 Å². The molecule has 156 valence electrons. The Labute approximate surface area is 165 Å². The highest BCUT2D eigenvalue weighted by atomic mass is 16.5. The molecule has 4 unspecified atom stereocenters. The van der Waals surface area contributed by atoms with E-state index < -0.39 is 17.8 Å². The number of hydrogen-bond acceptors (Lipinski definition) is 3. The Morgan fingerprint density at radius 2 is 1.59 bits per heavy atom. The highest BCUT2D eigenvalue weighted by molar-refractivity contribution is 5.81. The smallest absolute Gasteiger partial charge is 0.309 e. The number of carboxylic acids is 1. The van der Waals surface area contributed by atoms with E-state index in [4.69, 9.17) is 4.74 Å². The van der Waals surface area contributed by atoms with Gasteiger partial charge in [0.25, 0.3) is 0 Å². The Hall–Kier alpha value is -1.06. The van der Waals surface area contributed by atoms with E-state index in [9.17, 15) is 14.7 Å². The van der Waals surface area contributed by atoms with Crippen LogP contribution >= 0.6 is 0 Å². The van der Waals surface area contributed by atoms with Crippen LogP contribution in [0.2, 0.25) is 0 Å². The van der Waals surface area contributed by atoms with Gasteiger partial charge < -0.3 is 9.84 Å². The summed E-state index contributed by atoms with van der Waals surface area (Å²) < 4.78 is 5.73. The molecule has 0 radical (unpaired) electrons. The van der Waals surface area contributed by atoms with Gasteiger partial charge in [0, 0.05) is 0 Å². The molecule has 0 amide bonds. The summed E-state index contributed by atoms with van der Waals surface area (Å²) in [6, 6.07) is 0. The predicted octanol–water partition coefficient (Wildman–Crippen LogP) is 5.83. The molecule has 2 rings (SSSR count). The van der Waals surface area contributed by atoms with Gasteiger partial charge in [0.2, 0.25) is 0 Å². The maximum atomic E-state index is 12.6. The first-order valence-corrected chi connectivity index (χ1v) is 11.3. The molecule has 2 saturated carbocycles. The minimum Gasteiger partial charge on any atom is -0.481 e. The fourth-order valence-electron chi connectivity index (χ4n) is 5.32. The van der Waals surface area contributed by atoms with Crippen LogP contribution < -0.4 is 0 Å². The van der Waals surface area contributed by atoms with E-state index in [1.165, 1.54) is 44.9 Å². The number of ether oxygens (including phenoxy) is 1. The number of unbranched alkanes of at least 4 members (excludes halogenated alkanes) is 3. The van der Waals surface area contributed by atoms with Crippen LogP contribution in [0.5, 0.6) is 0 Å². The van der Waals surface area contributed by atoms with Crippen molar-refractivity contribution in [1.82, 2.24) is 0 Å². The number of aliphatic carboxylic acids is 1. The van der Waals surface area contributed by atoms with Crippen LogP contribution in [0, 0.1) is 29.1 Å². The van der Waals surface area contributed by atoms with E-state index in [0.29, 0.717) is 31.3 Å². The third kappa shape index (κ3) is 5.96. The van der Waals surface area contributed by atoms with Gasteiger partial charge >= 0.3 is 11.9 Å². The van der Waals surface area contributed by atoms with Crippen molar-refractivity contribution >= 4 is 11.9 Å². The first-order valence-electron chi connectivity index (χ1n) is 11.3. The Kier molecular flexibility index (Phi) is 8.62. The molecule has 0 spiro atoms. The van der Waals surface area contributed by atoms with Crippen molar-refractivity contribution in [1.29, 1.82) is 0 Å². The standard InChI is InChI=1S/C23H40O4/c1-4-5-6-7-11-17-12-10-13-18(23(17,2)3)16-27-22(26)20-15-9-8-14-19(20)21(24)25/h17-20H,4-16H2,1-3H3,(H,24,25). The van der Waals surface area contributed by atoms with Gasteiger partial charge in [-0.05, 0) is 49.4 Å². The van der Waals surface area contributed by atoms with E-state index in [2.05, 4.69) is 20.8 Å². The van der Waals surface area contributed by atoms with Crippen LogP contribution in [-0.4, -0.2) is 23.7 Å². The fourth-order valence-corrected chi connectivity index (χ4v) is 5.32. The van der Waals surface area contributed by atoms with Crippen molar-refractivity contribution in [3.05, 3.63) is 0 Å². The van der Waals surface area contributed by atoms with Gasteiger partial charge in [0.05, 0.1) is 18.4 Å². The third-order valence-electron chi connectivity index (χ3n) is 7.43. The first-order chi connectivity index (χ1) is 12.9. The second kappa shape index (κ2) is 10.5. The minimum atomic E-state index is -0.846. The average molecular weight is 381 g/mol. The lowest BCUT2D eigenvalue weighted by Crippen LogP contribution is -2.40. The topological polar surface area (TPSA) is 63.6 Å². The molecular weight excluding hydrogens is 340 g/mol. The minimum absolute atomic E-state index is 0.184. The van der Waals surface area contributed by atoms with Crippen molar-refractivity contribution in [2.45, 2.75) is 97.8 Å². The van der Waals surface area contributed by atoms with Crippen molar-refractivity contribution in [2.24, 2.45) is 29.1 Å². The summed E-state index contributed by atoms with van der Waals surface area (Å²) in [5.41, 5.74) is 0.184. The van der Waals surface area contributed by atoms with Gasteiger partial charge in [-0.15, -0.1) is 0 Å². The molecular formula is C23H40O4. The molecule has 0 aromatic rings. The van der Waals surface area contributed by atoms with Crippen LogP contribution in [-0.2, 0) is 14.3 Å². The maximum absolute atomic E-state index is 12.6. The molecule has 0 aromatic carbocycles. The molecule has 4 nitrogen and oxygen atoms in total. The van der Waals surface area contributed by atoms with Gasteiger partial charge in [-0.1, -0.05) is 65.7 Å². The number of carbonyl (C=O) groups is 2. The monoisotopic (exact) mass is 380 g/mol. The molecule has 0 heterocycles. The largest absolute Gasteiger partial charge is 0.481 e. The lowest BCUT2D eigenvalue weighted by Gasteiger charge is -2.45. The Morgan fingerprint density at radius 3 is 2.26 bits per heavy atom. The average Bonchev–Trinajstić information content (AvgIpc) is 2.64. The molecule has 2 fully saturated rings. The Balaban J connectivity index is 1.87. The second-order valence-electron chi connectivity index (χ2n) is 9.46. The van der Waals surface area contributed by atoms with E-state index >= 15 is 0 Å². The van der Waals surface area contributed by atoms with Gasteiger partial charge in [0.1, 0.15) is 0 Å². The highest BCUT2D eigenvalue weighted by Crippen LogP contribution is 2.47. The van der Waals surface area contributed by atoms with Gasteiger partial charge in [-0.3, -0.25) is 9.59 Å². The Morgan fingerprint density at radius 1 is 0.926 bits per heavy atom. The zero-order valence-corrected chi connectivity index (χ0v) is 17.7. The van der Waals surface area contributed by atoms with Crippen LogP contribution in [0.3, 0.4) is 0 Å². The van der Waals surface area contributed by atoms with Crippen molar-refractivity contribution < 1.29 is 19.4 Å². The van der Waals surface area contributed by atoms with Gasteiger partial charge in [-0.2, -0.15) is 0 Å². The molecule has 1 N–H and O–H groups in total. The summed E-state index contributed by atoms with van der Waals surface area (Å²) in [6.45, 7) is 7.39. The summed E-state index contributed by atoms with van der Waals surface area (Å²) in [7, 11) is 0. The van der Waals surface area contributed by atoms with Gasteiger partial charge in [-0.25, -0.2) is 0 Å². The SMILES string of the molecule is CCCCCCC1CCCC(COC(=O)C2CCCCC2C(=O)O)C1(C)C. The van der Waals surface area contributed by atoms with Crippen molar-refractivity contribution in [3.8, 4) is 0 Å². The zero-order chi connectivity index (χ0) is 19.9. The van der Waals surface area contributed by atoms with E-state index in [1.807, 2.05) is 0 Å². The van der Waals surface area contributed by atoms with Crippen molar-refractivity contribution in [3.63, 3.8) is 0 Å². The highest BCUT2D eigenvalue weighted by Gasteiger charge is 2.41. The normalized spacial score (nSPS) is 30.6. The summed E-state index contributed by atoms with van der Waals surface area (Å²) in [4.78, 5) is 24.1. The first kappa shape index (κ1) is 22.2. The third-order valence-corrected chi connectivity index (χ3v) is 7.43. The molecule has 0 saturated heterocycles. The zero-order valence-electron chi connectivity index (χ0n) is 17.7. The molecule has 27 heavy (non-hydrogen) atoms. The van der Waals surface area contributed by atoms with E-state index in [0.717, 1.165) is 19.3 Å². The van der Waals surface area contributed by atoms with Crippen LogP contribution in [0.15, 0.2) is 0 Å². The predicted molar refractivity (Wildman–Crippen MR) is 107 cm³/mol. The fraction of sp³-hybridized carbons (Fsp3) is 0.913.